The van der Waals surface area contributed by atoms with Crippen molar-refractivity contribution in [2.75, 3.05) is 26.2 Å². The lowest BCUT2D eigenvalue weighted by Gasteiger charge is -2.29. The van der Waals surface area contributed by atoms with Crippen LogP contribution in [0.1, 0.15) is 38.5 Å². The fourth-order valence-corrected chi connectivity index (χ4v) is 2.21. The van der Waals surface area contributed by atoms with Gasteiger partial charge in [-0.1, -0.05) is 12.8 Å². The molecule has 0 aromatic carbocycles. The molecule has 0 spiro atoms. The quantitative estimate of drug-likeness (QED) is 0.514. The highest BCUT2D eigenvalue weighted by molar-refractivity contribution is 5.53. The number of unbranched alkanes of at least 4 members (excludes halogenated alkanes) is 3. The third kappa shape index (κ3) is 5.28. The zero-order valence-electron chi connectivity index (χ0n) is 9.53. The second-order valence-corrected chi connectivity index (χ2v) is 4.48. The lowest BCUT2D eigenvalue weighted by molar-refractivity contribution is -0.112. The van der Waals surface area contributed by atoms with E-state index in [0.29, 0.717) is 6.61 Å². The molecule has 1 atom stereocenters. The Morgan fingerprint density at radius 3 is 2.80 bits per heavy atom. The third-order valence-corrected chi connectivity index (χ3v) is 3.12. The van der Waals surface area contributed by atoms with Crippen molar-refractivity contribution in [1.82, 2.24) is 4.90 Å². The lowest BCUT2D eigenvalue weighted by atomic mass is 9.99. The van der Waals surface area contributed by atoms with Gasteiger partial charge in [0.15, 0.2) is 0 Å². The number of piperidine rings is 1. The molecule has 88 valence electrons. The van der Waals surface area contributed by atoms with E-state index in [2.05, 4.69) is 4.90 Å². The Kier molecular flexibility index (Phi) is 6.60. The summed E-state index contributed by atoms with van der Waals surface area (Å²) in [6.45, 7) is 3.56. The van der Waals surface area contributed by atoms with Crippen molar-refractivity contribution in [3.8, 4) is 0 Å². The number of likely N-dealkylation sites (tertiary alicyclic amines) is 1. The molecule has 1 rings (SSSR count). The van der Waals surface area contributed by atoms with E-state index in [1.807, 2.05) is 0 Å². The topological polar surface area (TPSA) is 40.5 Å². The van der Waals surface area contributed by atoms with Crippen molar-refractivity contribution in [1.29, 1.82) is 0 Å². The molecule has 1 unspecified atom stereocenters. The van der Waals surface area contributed by atoms with Crippen LogP contribution in [-0.2, 0) is 4.79 Å². The highest BCUT2D eigenvalue weighted by atomic mass is 16.2. The molecule has 0 radical (unpaired) electrons. The maximum absolute atomic E-state index is 10.7. The molecule has 1 aliphatic heterocycles. The molecule has 1 N–H and O–H groups in total. The van der Waals surface area contributed by atoms with E-state index in [0.717, 1.165) is 45.2 Å². The SMILES string of the molecule is O=CC1CCCN(CCCCCCO)C1. The van der Waals surface area contributed by atoms with Crippen molar-refractivity contribution in [2.24, 2.45) is 5.92 Å². The fraction of sp³-hybridized carbons (Fsp3) is 0.917. The largest absolute Gasteiger partial charge is 0.396 e. The minimum absolute atomic E-state index is 0.274. The van der Waals surface area contributed by atoms with Crippen LogP contribution in [0.3, 0.4) is 0 Å². The summed E-state index contributed by atoms with van der Waals surface area (Å²) in [4.78, 5) is 13.1. The van der Waals surface area contributed by atoms with Gasteiger partial charge in [0.25, 0.3) is 0 Å². The molecule has 0 bridgehead atoms. The van der Waals surface area contributed by atoms with E-state index in [1.54, 1.807) is 0 Å². The van der Waals surface area contributed by atoms with Crippen molar-refractivity contribution in [3.63, 3.8) is 0 Å². The van der Waals surface area contributed by atoms with Gasteiger partial charge >= 0.3 is 0 Å². The van der Waals surface area contributed by atoms with Crippen LogP contribution in [0.4, 0.5) is 0 Å². The molecule has 0 aromatic heterocycles. The molecule has 0 saturated carbocycles. The van der Waals surface area contributed by atoms with Gasteiger partial charge in [0.05, 0.1) is 0 Å². The zero-order chi connectivity index (χ0) is 10.9. The number of carbonyl (C=O) groups is 1. The number of rotatable bonds is 7. The molecule has 1 saturated heterocycles. The Balaban J connectivity index is 2.02. The van der Waals surface area contributed by atoms with Gasteiger partial charge in [-0.05, 0) is 38.8 Å². The van der Waals surface area contributed by atoms with Gasteiger partial charge in [-0.2, -0.15) is 0 Å². The second-order valence-electron chi connectivity index (χ2n) is 4.48. The van der Waals surface area contributed by atoms with E-state index in [1.165, 1.54) is 19.3 Å². The van der Waals surface area contributed by atoms with E-state index in [9.17, 15) is 4.79 Å². The van der Waals surface area contributed by atoms with Crippen molar-refractivity contribution in [3.05, 3.63) is 0 Å². The van der Waals surface area contributed by atoms with Gasteiger partial charge in [-0.15, -0.1) is 0 Å². The average Bonchev–Trinajstić information content (AvgIpc) is 2.29. The van der Waals surface area contributed by atoms with Gasteiger partial charge in [0.2, 0.25) is 0 Å². The number of hydrogen-bond donors (Lipinski definition) is 1. The van der Waals surface area contributed by atoms with Crippen LogP contribution < -0.4 is 0 Å². The van der Waals surface area contributed by atoms with Gasteiger partial charge in [0, 0.05) is 19.1 Å². The van der Waals surface area contributed by atoms with Crippen LogP contribution in [-0.4, -0.2) is 42.5 Å². The van der Waals surface area contributed by atoms with Gasteiger partial charge in [0.1, 0.15) is 6.29 Å². The Hall–Kier alpha value is -0.410. The highest BCUT2D eigenvalue weighted by Crippen LogP contribution is 2.15. The summed E-state index contributed by atoms with van der Waals surface area (Å²) in [6, 6.07) is 0. The zero-order valence-corrected chi connectivity index (χ0v) is 9.53. The molecule has 0 aromatic rings. The molecule has 1 heterocycles. The predicted molar refractivity (Wildman–Crippen MR) is 60.8 cm³/mol. The summed E-state index contributed by atoms with van der Waals surface area (Å²) in [7, 11) is 0. The Bertz CT molecular complexity index is 173. The molecule has 1 fully saturated rings. The molecular weight excluding hydrogens is 190 g/mol. The summed E-state index contributed by atoms with van der Waals surface area (Å²) in [5.41, 5.74) is 0. The first-order chi connectivity index (χ1) is 7.36. The van der Waals surface area contributed by atoms with Crippen LogP contribution in [0.25, 0.3) is 0 Å². The van der Waals surface area contributed by atoms with Crippen LogP contribution in [0, 0.1) is 5.92 Å². The second kappa shape index (κ2) is 7.83. The van der Waals surface area contributed by atoms with Gasteiger partial charge in [-0.25, -0.2) is 0 Å². The standard InChI is InChI=1S/C12H23NO2/c14-9-4-2-1-3-7-13-8-5-6-12(10-13)11-15/h11-12,14H,1-10H2. The van der Waals surface area contributed by atoms with Gasteiger partial charge < -0.3 is 14.8 Å². The average molecular weight is 213 g/mol. The number of carbonyl (C=O) groups excluding carboxylic acids is 1. The molecule has 15 heavy (non-hydrogen) atoms. The summed E-state index contributed by atoms with van der Waals surface area (Å²) < 4.78 is 0. The number of aldehydes is 1. The van der Waals surface area contributed by atoms with Crippen molar-refractivity contribution >= 4 is 6.29 Å². The first-order valence-electron chi connectivity index (χ1n) is 6.15. The maximum Gasteiger partial charge on any atom is 0.124 e. The number of hydrogen-bond acceptors (Lipinski definition) is 3. The number of aliphatic hydroxyl groups excluding tert-OH is 1. The molecule has 3 nitrogen and oxygen atoms in total. The van der Waals surface area contributed by atoms with E-state index < -0.39 is 0 Å². The first kappa shape index (κ1) is 12.7. The van der Waals surface area contributed by atoms with E-state index in [4.69, 9.17) is 5.11 Å². The summed E-state index contributed by atoms with van der Waals surface area (Å²) in [6.07, 6.45) is 7.80. The third-order valence-electron chi connectivity index (χ3n) is 3.12. The van der Waals surface area contributed by atoms with Crippen LogP contribution in [0.2, 0.25) is 0 Å². The monoisotopic (exact) mass is 213 g/mol. The van der Waals surface area contributed by atoms with Crippen LogP contribution in [0.15, 0.2) is 0 Å². The number of aliphatic hydroxyl groups is 1. The minimum atomic E-state index is 0.274. The lowest BCUT2D eigenvalue weighted by Crippen LogP contribution is -2.36. The van der Waals surface area contributed by atoms with Crippen molar-refractivity contribution in [2.45, 2.75) is 38.5 Å². The Labute approximate surface area is 92.5 Å². The minimum Gasteiger partial charge on any atom is -0.396 e. The maximum atomic E-state index is 10.7. The predicted octanol–water partition coefficient (Wildman–Crippen LogP) is 1.45. The normalized spacial score (nSPS) is 22.9. The molecule has 1 aliphatic rings. The van der Waals surface area contributed by atoms with Crippen LogP contribution in [0.5, 0.6) is 0 Å². The summed E-state index contributed by atoms with van der Waals surface area (Å²) in [5.74, 6) is 0.274. The highest BCUT2D eigenvalue weighted by Gasteiger charge is 2.18. The van der Waals surface area contributed by atoms with E-state index in [-0.39, 0.29) is 5.92 Å². The fourth-order valence-electron chi connectivity index (χ4n) is 2.21. The van der Waals surface area contributed by atoms with E-state index >= 15 is 0 Å². The Morgan fingerprint density at radius 1 is 1.27 bits per heavy atom. The first-order valence-corrected chi connectivity index (χ1v) is 6.15. The van der Waals surface area contributed by atoms with Crippen LogP contribution >= 0.6 is 0 Å². The smallest absolute Gasteiger partial charge is 0.124 e. The van der Waals surface area contributed by atoms with Crippen molar-refractivity contribution < 1.29 is 9.90 Å². The number of nitrogens with zero attached hydrogens (tertiary/aromatic N) is 1. The molecule has 0 amide bonds. The molecule has 3 heteroatoms. The summed E-state index contributed by atoms with van der Waals surface area (Å²) >= 11 is 0. The summed E-state index contributed by atoms with van der Waals surface area (Å²) in [5, 5.41) is 8.63. The molecular formula is C12H23NO2. The van der Waals surface area contributed by atoms with Gasteiger partial charge in [-0.3, -0.25) is 0 Å². The Morgan fingerprint density at radius 2 is 2.07 bits per heavy atom. The molecule has 0 aliphatic carbocycles.